The van der Waals surface area contributed by atoms with Crippen molar-refractivity contribution in [3.8, 4) is 6.07 Å². The standard InChI is InChI=1S/C18H16N2O3/c1-12-3-9-16(10-4-12)20-17(21)13(2)23-18(22)15-7-5-14(11-19)6-8-15/h3-10,13H,1-2H3,(H,20,21)/t13-/m1/s1. The van der Waals surface area contributed by atoms with Crippen LogP contribution in [0.15, 0.2) is 48.5 Å². The molecule has 2 aromatic rings. The molecule has 23 heavy (non-hydrogen) atoms. The number of hydrogen-bond donors (Lipinski definition) is 1. The molecule has 0 saturated heterocycles. The predicted octanol–water partition coefficient (Wildman–Crippen LogP) is 3.05. The van der Waals surface area contributed by atoms with Crippen LogP contribution in [0.4, 0.5) is 5.69 Å². The Morgan fingerprint density at radius 2 is 1.70 bits per heavy atom. The number of anilines is 1. The summed E-state index contributed by atoms with van der Waals surface area (Å²) in [5.41, 5.74) is 2.47. The van der Waals surface area contributed by atoms with Gasteiger partial charge >= 0.3 is 5.97 Å². The molecule has 0 radical (unpaired) electrons. The van der Waals surface area contributed by atoms with Crippen molar-refractivity contribution >= 4 is 17.6 Å². The number of nitrogens with one attached hydrogen (secondary N) is 1. The Kier molecular flexibility index (Phi) is 5.11. The average Bonchev–Trinajstić information content (AvgIpc) is 2.56. The fourth-order valence-electron chi connectivity index (χ4n) is 1.84. The number of nitrogens with zero attached hydrogens (tertiary/aromatic N) is 1. The van der Waals surface area contributed by atoms with Gasteiger partial charge in [-0.1, -0.05) is 17.7 Å². The Hall–Kier alpha value is -3.13. The lowest BCUT2D eigenvalue weighted by molar-refractivity contribution is -0.123. The first kappa shape index (κ1) is 16.2. The van der Waals surface area contributed by atoms with E-state index in [1.807, 2.05) is 25.1 Å². The summed E-state index contributed by atoms with van der Waals surface area (Å²) in [4.78, 5) is 24.0. The SMILES string of the molecule is Cc1ccc(NC(=O)[C@@H](C)OC(=O)c2ccc(C#N)cc2)cc1. The van der Waals surface area contributed by atoms with E-state index in [2.05, 4.69) is 5.32 Å². The Morgan fingerprint density at radius 3 is 2.26 bits per heavy atom. The van der Waals surface area contributed by atoms with Gasteiger partial charge in [-0.3, -0.25) is 4.79 Å². The van der Waals surface area contributed by atoms with Crippen molar-refractivity contribution in [2.75, 3.05) is 5.32 Å². The highest BCUT2D eigenvalue weighted by Crippen LogP contribution is 2.11. The summed E-state index contributed by atoms with van der Waals surface area (Å²) in [5.74, 6) is -1.02. The quantitative estimate of drug-likeness (QED) is 0.880. The van der Waals surface area contributed by atoms with Gasteiger partial charge in [0.1, 0.15) is 0 Å². The number of nitriles is 1. The number of carbonyl (C=O) groups excluding carboxylic acids is 2. The summed E-state index contributed by atoms with van der Waals surface area (Å²) in [6, 6.07) is 15.3. The number of amides is 1. The molecular weight excluding hydrogens is 292 g/mol. The Labute approximate surface area is 134 Å². The first-order chi connectivity index (χ1) is 11.0. The van der Waals surface area contributed by atoms with Gasteiger partial charge in [0.25, 0.3) is 5.91 Å². The molecule has 0 unspecified atom stereocenters. The van der Waals surface area contributed by atoms with E-state index in [-0.39, 0.29) is 0 Å². The molecule has 0 saturated carbocycles. The van der Waals surface area contributed by atoms with Gasteiger partial charge in [0.15, 0.2) is 6.10 Å². The topological polar surface area (TPSA) is 79.2 Å². The van der Waals surface area contributed by atoms with Crippen molar-refractivity contribution in [3.05, 3.63) is 65.2 Å². The van der Waals surface area contributed by atoms with Crippen LogP contribution in [0.5, 0.6) is 0 Å². The fraction of sp³-hybridized carbons (Fsp3) is 0.167. The van der Waals surface area contributed by atoms with Crippen molar-refractivity contribution in [2.24, 2.45) is 0 Å². The number of rotatable bonds is 4. The highest BCUT2D eigenvalue weighted by Gasteiger charge is 2.19. The molecule has 1 atom stereocenters. The minimum Gasteiger partial charge on any atom is -0.449 e. The van der Waals surface area contributed by atoms with Crippen LogP contribution in [-0.2, 0) is 9.53 Å². The summed E-state index contributed by atoms with van der Waals surface area (Å²) >= 11 is 0. The van der Waals surface area contributed by atoms with E-state index in [1.54, 1.807) is 12.1 Å². The van der Waals surface area contributed by atoms with Gasteiger partial charge in [-0.15, -0.1) is 0 Å². The van der Waals surface area contributed by atoms with Crippen molar-refractivity contribution in [2.45, 2.75) is 20.0 Å². The maximum atomic E-state index is 12.0. The van der Waals surface area contributed by atoms with Crippen LogP contribution in [-0.4, -0.2) is 18.0 Å². The predicted molar refractivity (Wildman–Crippen MR) is 85.8 cm³/mol. The van der Waals surface area contributed by atoms with E-state index >= 15 is 0 Å². The number of hydrogen-bond acceptors (Lipinski definition) is 4. The lowest BCUT2D eigenvalue weighted by Crippen LogP contribution is -2.30. The van der Waals surface area contributed by atoms with Gasteiger partial charge in [-0.05, 0) is 50.2 Å². The Balaban J connectivity index is 1.95. The number of esters is 1. The molecule has 0 bridgehead atoms. The summed E-state index contributed by atoms with van der Waals surface area (Å²) in [7, 11) is 0. The fourth-order valence-corrected chi connectivity index (χ4v) is 1.84. The molecule has 5 nitrogen and oxygen atoms in total. The van der Waals surface area contributed by atoms with Gasteiger partial charge in [-0.25, -0.2) is 4.79 Å². The van der Waals surface area contributed by atoms with E-state index in [0.717, 1.165) is 5.56 Å². The average molecular weight is 308 g/mol. The molecule has 0 heterocycles. The molecular formula is C18H16N2O3. The molecule has 0 aliphatic carbocycles. The second-order valence-electron chi connectivity index (χ2n) is 5.09. The number of ether oxygens (including phenoxy) is 1. The smallest absolute Gasteiger partial charge is 0.338 e. The zero-order valence-corrected chi connectivity index (χ0v) is 12.9. The maximum Gasteiger partial charge on any atom is 0.338 e. The van der Waals surface area contributed by atoms with E-state index in [0.29, 0.717) is 16.8 Å². The molecule has 0 spiro atoms. The van der Waals surface area contributed by atoms with Gasteiger partial charge < -0.3 is 10.1 Å². The second-order valence-corrected chi connectivity index (χ2v) is 5.09. The van der Waals surface area contributed by atoms with Crippen LogP contribution < -0.4 is 5.32 Å². The van der Waals surface area contributed by atoms with Crippen molar-refractivity contribution in [1.82, 2.24) is 0 Å². The first-order valence-corrected chi connectivity index (χ1v) is 7.08. The largest absolute Gasteiger partial charge is 0.449 e. The molecule has 116 valence electrons. The molecule has 5 heteroatoms. The third-order valence-corrected chi connectivity index (χ3v) is 3.22. The normalized spacial score (nSPS) is 11.2. The van der Waals surface area contributed by atoms with Crippen LogP contribution >= 0.6 is 0 Å². The van der Waals surface area contributed by atoms with Crippen molar-refractivity contribution in [1.29, 1.82) is 5.26 Å². The monoisotopic (exact) mass is 308 g/mol. The van der Waals surface area contributed by atoms with Crippen LogP contribution in [0.1, 0.15) is 28.4 Å². The van der Waals surface area contributed by atoms with Crippen LogP contribution in [0, 0.1) is 18.3 Å². The molecule has 1 amide bonds. The van der Waals surface area contributed by atoms with E-state index in [4.69, 9.17) is 10.00 Å². The molecule has 2 aromatic carbocycles. The highest BCUT2D eigenvalue weighted by atomic mass is 16.5. The zero-order valence-electron chi connectivity index (χ0n) is 12.9. The van der Waals surface area contributed by atoms with Crippen LogP contribution in [0.3, 0.4) is 0 Å². The highest BCUT2D eigenvalue weighted by molar-refractivity contribution is 5.97. The number of aryl methyl sites for hydroxylation is 1. The molecule has 0 aliphatic heterocycles. The molecule has 0 fully saturated rings. The summed E-state index contributed by atoms with van der Waals surface area (Å²) < 4.78 is 5.13. The Bertz CT molecular complexity index is 743. The third-order valence-electron chi connectivity index (χ3n) is 3.22. The molecule has 2 rings (SSSR count). The minimum atomic E-state index is -0.931. The minimum absolute atomic E-state index is 0.291. The van der Waals surface area contributed by atoms with Gasteiger partial charge in [0.05, 0.1) is 17.2 Å². The lowest BCUT2D eigenvalue weighted by Gasteiger charge is -2.13. The van der Waals surface area contributed by atoms with E-state index in [1.165, 1.54) is 31.2 Å². The molecule has 0 aromatic heterocycles. The summed E-state index contributed by atoms with van der Waals surface area (Å²) in [5, 5.41) is 11.4. The molecule has 0 aliphatic rings. The van der Waals surface area contributed by atoms with E-state index < -0.39 is 18.0 Å². The Morgan fingerprint density at radius 1 is 1.09 bits per heavy atom. The van der Waals surface area contributed by atoms with Gasteiger partial charge in [0, 0.05) is 5.69 Å². The molecule has 1 N–H and O–H groups in total. The summed E-state index contributed by atoms with van der Waals surface area (Å²) in [6.07, 6.45) is -0.931. The van der Waals surface area contributed by atoms with Gasteiger partial charge in [-0.2, -0.15) is 5.26 Å². The lowest BCUT2D eigenvalue weighted by atomic mass is 10.1. The zero-order chi connectivity index (χ0) is 16.8. The van der Waals surface area contributed by atoms with Crippen LogP contribution in [0.2, 0.25) is 0 Å². The number of benzene rings is 2. The van der Waals surface area contributed by atoms with Crippen molar-refractivity contribution < 1.29 is 14.3 Å². The van der Waals surface area contributed by atoms with Crippen LogP contribution in [0.25, 0.3) is 0 Å². The second kappa shape index (κ2) is 7.23. The first-order valence-electron chi connectivity index (χ1n) is 7.08. The van der Waals surface area contributed by atoms with Gasteiger partial charge in [0.2, 0.25) is 0 Å². The van der Waals surface area contributed by atoms with Crippen molar-refractivity contribution in [3.63, 3.8) is 0 Å². The number of carbonyl (C=O) groups is 2. The maximum absolute atomic E-state index is 12.0. The van der Waals surface area contributed by atoms with E-state index in [9.17, 15) is 9.59 Å². The third kappa shape index (κ3) is 4.42. The summed E-state index contributed by atoms with van der Waals surface area (Å²) in [6.45, 7) is 3.46.